The molecule has 0 radical (unpaired) electrons. The summed E-state index contributed by atoms with van der Waals surface area (Å²) in [6.07, 6.45) is 6.37. The van der Waals surface area contributed by atoms with Gasteiger partial charge in [0.1, 0.15) is 0 Å². The number of aliphatic hydroxyl groups is 1. The second-order valence-electron chi connectivity index (χ2n) is 5.05. The lowest BCUT2D eigenvalue weighted by Gasteiger charge is -2.27. The van der Waals surface area contributed by atoms with Gasteiger partial charge in [0.2, 0.25) is 10.0 Å². The Morgan fingerprint density at radius 1 is 1.42 bits per heavy atom. The van der Waals surface area contributed by atoms with Gasteiger partial charge >= 0.3 is 0 Å². The van der Waals surface area contributed by atoms with Crippen molar-refractivity contribution in [1.82, 2.24) is 9.29 Å². The first-order valence-corrected chi connectivity index (χ1v) is 8.33. The lowest BCUT2D eigenvalue weighted by molar-refractivity contribution is 0.277. The predicted molar refractivity (Wildman–Crippen MR) is 73.2 cm³/mol. The molecule has 0 saturated carbocycles. The molecule has 0 aliphatic carbocycles. The first-order chi connectivity index (χ1) is 9.09. The van der Waals surface area contributed by atoms with Crippen LogP contribution >= 0.6 is 0 Å². The fourth-order valence-electron chi connectivity index (χ4n) is 2.67. The third-order valence-electron chi connectivity index (χ3n) is 3.79. The van der Waals surface area contributed by atoms with E-state index in [4.69, 9.17) is 5.11 Å². The number of aromatic nitrogens is 1. The number of rotatable bonds is 4. The van der Waals surface area contributed by atoms with E-state index in [1.54, 1.807) is 4.31 Å². The minimum absolute atomic E-state index is 0.0972. The number of aliphatic hydroxyl groups excluding tert-OH is 1. The number of aromatic amines is 1. The number of sulfonamides is 1. The molecule has 1 saturated heterocycles. The van der Waals surface area contributed by atoms with Crippen LogP contribution < -0.4 is 0 Å². The quantitative estimate of drug-likeness (QED) is 0.887. The molecule has 1 aromatic rings. The fraction of sp³-hybridized carbons (Fsp3) is 0.692. The largest absolute Gasteiger partial charge is 0.390 e. The molecule has 6 heteroatoms. The zero-order valence-electron chi connectivity index (χ0n) is 11.3. The number of nitrogens with zero attached hydrogens (tertiary/aromatic N) is 1. The maximum Gasteiger partial charge on any atom is 0.244 e. The molecule has 19 heavy (non-hydrogen) atoms. The van der Waals surface area contributed by atoms with Crippen molar-refractivity contribution < 1.29 is 13.5 Å². The summed E-state index contributed by atoms with van der Waals surface area (Å²) in [6, 6.07) is 1.62. The molecule has 1 aliphatic heterocycles. The topological polar surface area (TPSA) is 73.4 Å². The van der Waals surface area contributed by atoms with Crippen LogP contribution in [0.15, 0.2) is 17.2 Å². The van der Waals surface area contributed by atoms with E-state index in [-0.39, 0.29) is 17.5 Å². The average Bonchev–Trinajstić information content (AvgIpc) is 2.76. The Kier molecular flexibility index (Phi) is 4.65. The summed E-state index contributed by atoms with van der Waals surface area (Å²) in [6.45, 7) is 2.46. The Morgan fingerprint density at radius 2 is 2.21 bits per heavy atom. The number of hydrogen-bond acceptors (Lipinski definition) is 3. The number of H-pyrrole nitrogens is 1. The highest BCUT2D eigenvalue weighted by molar-refractivity contribution is 7.89. The SMILES string of the molecule is CCC1CCCCCN1S(=O)(=O)c1c[nH]c(CO)c1. The average molecular weight is 286 g/mol. The van der Waals surface area contributed by atoms with Crippen molar-refractivity contribution in [1.29, 1.82) is 0 Å². The maximum atomic E-state index is 12.7. The van der Waals surface area contributed by atoms with Crippen molar-refractivity contribution in [3.8, 4) is 0 Å². The molecular formula is C13H22N2O3S. The van der Waals surface area contributed by atoms with Crippen LogP contribution in [-0.2, 0) is 16.6 Å². The molecule has 0 spiro atoms. The van der Waals surface area contributed by atoms with E-state index >= 15 is 0 Å². The highest BCUT2D eigenvalue weighted by atomic mass is 32.2. The van der Waals surface area contributed by atoms with Gasteiger partial charge in [0.05, 0.1) is 11.5 Å². The van der Waals surface area contributed by atoms with E-state index in [0.717, 1.165) is 32.1 Å². The third-order valence-corrected chi connectivity index (χ3v) is 5.72. The molecule has 0 bridgehead atoms. The molecule has 2 heterocycles. The molecule has 1 atom stereocenters. The van der Waals surface area contributed by atoms with Gasteiger partial charge in [-0.2, -0.15) is 4.31 Å². The van der Waals surface area contributed by atoms with Gasteiger partial charge in [-0.25, -0.2) is 8.42 Å². The molecule has 1 fully saturated rings. The lowest BCUT2D eigenvalue weighted by Crippen LogP contribution is -2.39. The van der Waals surface area contributed by atoms with Crippen LogP contribution in [0.1, 0.15) is 44.7 Å². The van der Waals surface area contributed by atoms with Gasteiger partial charge in [-0.15, -0.1) is 0 Å². The van der Waals surface area contributed by atoms with Crippen molar-refractivity contribution in [3.05, 3.63) is 18.0 Å². The Hall–Kier alpha value is -0.850. The summed E-state index contributed by atoms with van der Waals surface area (Å²) < 4.78 is 27.0. The summed E-state index contributed by atoms with van der Waals surface area (Å²) in [7, 11) is -3.44. The van der Waals surface area contributed by atoms with Gasteiger partial charge in [0.25, 0.3) is 0 Å². The lowest BCUT2D eigenvalue weighted by atomic mass is 10.1. The van der Waals surface area contributed by atoms with Crippen molar-refractivity contribution in [3.63, 3.8) is 0 Å². The number of hydrogen-bond donors (Lipinski definition) is 2. The second kappa shape index (κ2) is 6.07. The molecule has 2 N–H and O–H groups in total. The molecule has 5 nitrogen and oxygen atoms in total. The normalized spacial score (nSPS) is 22.3. The van der Waals surface area contributed by atoms with Gasteiger partial charge in [-0.1, -0.05) is 19.8 Å². The summed E-state index contributed by atoms with van der Waals surface area (Å²) in [5, 5.41) is 9.03. The van der Waals surface area contributed by atoms with E-state index in [9.17, 15) is 8.42 Å². The monoisotopic (exact) mass is 286 g/mol. The first-order valence-electron chi connectivity index (χ1n) is 6.89. The summed E-state index contributed by atoms with van der Waals surface area (Å²) in [5.41, 5.74) is 0.529. The Bertz CT molecular complexity index is 510. The van der Waals surface area contributed by atoms with Crippen LogP contribution in [0.25, 0.3) is 0 Å². The number of nitrogens with one attached hydrogen (secondary N) is 1. The van der Waals surface area contributed by atoms with Gasteiger partial charge in [-0.3, -0.25) is 0 Å². The van der Waals surface area contributed by atoms with Gasteiger partial charge in [0, 0.05) is 24.5 Å². The second-order valence-corrected chi connectivity index (χ2v) is 6.94. The predicted octanol–water partition coefficient (Wildman–Crippen LogP) is 1.85. The third kappa shape index (κ3) is 3.01. The van der Waals surface area contributed by atoms with Crippen LogP contribution in [0, 0.1) is 0 Å². The van der Waals surface area contributed by atoms with E-state index < -0.39 is 10.0 Å². The van der Waals surface area contributed by atoms with E-state index in [1.165, 1.54) is 12.3 Å². The first kappa shape index (κ1) is 14.6. The Labute approximate surface area is 114 Å². The molecular weight excluding hydrogens is 264 g/mol. The van der Waals surface area contributed by atoms with E-state index in [2.05, 4.69) is 4.98 Å². The van der Waals surface area contributed by atoms with Crippen LogP contribution in [0.2, 0.25) is 0 Å². The van der Waals surface area contributed by atoms with E-state index in [0.29, 0.717) is 12.2 Å². The molecule has 108 valence electrons. The molecule has 0 aromatic carbocycles. The standard InChI is InChI=1S/C13H22N2O3S/c1-2-12-6-4-3-5-7-15(12)19(17,18)13-8-11(10-16)14-9-13/h8-9,12,14,16H,2-7,10H2,1H3. The molecule has 1 aliphatic rings. The maximum absolute atomic E-state index is 12.7. The van der Waals surface area contributed by atoms with E-state index in [1.807, 2.05) is 6.92 Å². The van der Waals surface area contributed by atoms with Crippen LogP contribution in [0.3, 0.4) is 0 Å². The molecule has 1 unspecified atom stereocenters. The van der Waals surface area contributed by atoms with Gasteiger partial charge < -0.3 is 10.1 Å². The molecule has 2 rings (SSSR count). The van der Waals surface area contributed by atoms with Crippen molar-refractivity contribution in [2.45, 2.75) is 56.6 Å². The molecule has 0 amide bonds. The summed E-state index contributed by atoms with van der Waals surface area (Å²) in [4.78, 5) is 3.05. The minimum atomic E-state index is -3.44. The van der Waals surface area contributed by atoms with Gasteiger partial charge in [-0.05, 0) is 25.3 Å². The van der Waals surface area contributed by atoms with Crippen LogP contribution in [-0.4, -0.2) is 35.4 Å². The van der Waals surface area contributed by atoms with Gasteiger partial charge in [0.15, 0.2) is 0 Å². The Morgan fingerprint density at radius 3 is 2.84 bits per heavy atom. The highest BCUT2D eigenvalue weighted by Gasteiger charge is 2.31. The van der Waals surface area contributed by atoms with Crippen LogP contribution in [0.5, 0.6) is 0 Å². The highest BCUT2D eigenvalue weighted by Crippen LogP contribution is 2.26. The smallest absolute Gasteiger partial charge is 0.244 e. The van der Waals surface area contributed by atoms with Crippen molar-refractivity contribution in [2.75, 3.05) is 6.54 Å². The van der Waals surface area contributed by atoms with Crippen molar-refractivity contribution in [2.24, 2.45) is 0 Å². The summed E-state index contributed by atoms with van der Waals surface area (Å²) in [5.74, 6) is 0. The zero-order valence-corrected chi connectivity index (χ0v) is 12.1. The molecule has 1 aromatic heterocycles. The zero-order chi connectivity index (χ0) is 13.9. The summed E-state index contributed by atoms with van der Waals surface area (Å²) >= 11 is 0. The van der Waals surface area contributed by atoms with Crippen LogP contribution in [0.4, 0.5) is 0 Å². The fourth-order valence-corrected chi connectivity index (χ4v) is 4.46. The minimum Gasteiger partial charge on any atom is -0.390 e. The Balaban J connectivity index is 2.30. The van der Waals surface area contributed by atoms with Crippen molar-refractivity contribution >= 4 is 10.0 Å².